The molecule has 1 amide bonds. The number of nitrogens with zero attached hydrogens (tertiary/aromatic N) is 1. The highest BCUT2D eigenvalue weighted by atomic mass is 16.6. The molecule has 2 saturated carbocycles. The van der Waals surface area contributed by atoms with Crippen LogP contribution in [0.1, 0.15) is 44.7 Å². The first-order valence-electron chi connectivity index (χ1n) is 12.2. The van der Waals surface area contributed by atoms with E-state index in [0.717, 1.165) is 24.0 Å². The van der Waals surface area contributed by atoms with Gasteiger partial charge < -0.3 is 14.2 Å². The van der Waals surface area contributed by atoms with E-state index in [1.165, 1.54) is 0 Å². The molecule has 0 N–H and O–H groups in total. The SMILES string of the molecule is C=CCN(C(=O)OC(C)(C)C)[C@@]12C[C@H](OCc3ccccc3)[C@@H](COCc3ccccc3)[C@@H]1C2. The number of ether oxygens (including phenoxy) is 3. The predicted molar refractivity (Wildman–Crippen MR) is 133 cm³/mol. The fourth-order valence-corrected chi connectivity index (χ4v) is 5.24. The first-order chi connectivity index (χ1) is 16.3. The fourth-order valence-electron chi connectivity index (χ4n) is 5.24. The van der Waals surface area contributed by atoms with Crippen molar-refractivity contribution in [2.24, 2.45) is 11.8 Å². The molecule has 5 nitrogen and oxygen atoms in total. The lowest BCUT2D eigenvalue weighted by Gasteiger charge is -2.33. The second-order valence-corrected chi connectivity index (χ2v) is 10.5. The molecule has 2 aliphatic rings. The summed E-state index contributed by atoms with van der Waals surface area (Å²) >= 11 is 0. The summed E-state index contributed by atoms with van der Waals surface area (Å²) in [5.41, 5.74) is 1.51. The van der Waals surface area contributed by atoms with Gasteiger partial charge in [0.2, 0.25) is 0 Å². The van der Waals surface area contributed by atoms with E-state index < -0.39 is 5.60 Å². The second kappa shape index (κ2) is 10.3. The zero-order chi connectivity index (χ0) is 24.2. The van der Waals surface area contributed by atoms with Crippen molar-refractivity contribution in [1.29, 1.82) is 0 Å². The number of rotatable bonds is 10. The summed E-state index contributed by atoms with van der Waals surface area (Å²) in [7, 11) is 0. The summed E-state index contributed by atoms with van der Waals surface area (Å²) in [6, 6.07) is 20.5. The van der Waals surface area contributed by atoms with Crippen molar-refractivity contribution in [3.05, 3.63) is 84.4 Å². The van der Waals surface area contributed by atoms with Crippen LogP contribution < -0.4 is 0 Å². The Bertz CT molecular complexity index is 955. The van der Waals surface area contributed by atoms with Crippen molar-refractivity contribution in [2.75, 3.05) is 13.2 Å². The number of carbonyl (C=O) groups excluding carboxylic acids is 1. The molecule has 0 aromatic heterocycles. The highest BCUT2D eigenvalue weighted by Gasteiger charge is 2.69. The molecule has 2 aromatic carbocycles. The van der Waals surface area contributed by atoms with E-state index in [1.807, 2.05) is 62.1 Å². The van der Waals surface area contributed by atoms with Crippen molar-refractivity contribution in [1.82, 2.24) is 4.90 Å². The van der Waals surface area contributed by atoms with Crippen molar-refractivity contribution in [3.63, 3.8) is 0 Å². The van der Waals surface area contributed by atoms with Gasteiger partial charge in [0, 0.05) is 12.5 Å². The van der Waals surface area contributed by atoms with Crippen LogP contribution in [0.5, 0.6) is 0 Å². The average molecular weight is 464 g/mol. The van der Waals surface area contributed by atoms with Gasteiger partial charge >= 0.3 is 6.09 Å². The van der Waals surface area contributed by atoms with Crippen molar-refractivity contribution in [2.45, 2.75) is 64.1 Å². The Morgan fingerprint density at radius 2 is 1.65 bits per heavy atom. The molecule has 0 unspecified atom stereocenters. The van der Waals surface area contributed by atoms with E-state index in [9.17, 15) is 4.79 Å². The minimum absolute atomic E-state index is 0.0180. The Morgan fingerprint density at radius 1 is 1.03 bits per heavy atom. The molecular formula is C29H37NO4. The van der Waals surface area contributed by atoms with E-state index in [4.69, 9.17) is 14.2 Å². The molecule has 2 aromatic rings. The van der Waals surface area contributed by atoms with E-state index >= 15 is 0 Å². The van der Waals surface area contributed by atoms with E-state index in [1.54, 1.807) is 6.08 Å². The smallest absolute Gasteiger partial charge is 0.411 e. The molecule has 0 aliphatic heterocycles. The van der Waals surface area contributed by atoms with Crippen molar-refractivity contribution >= 4 is 6.09 Å². The molecule has 4 rings (SSSR count). The summed E-state index contributed by atoms with van der Waals surface area (Å²) in [6.07, 6.45) is 3.27. The zero-order valence-corrected chi connectivity index (χ0v) is 20.6. The van der Waals surface area contributed by atoms with Crippen LogP contribution in [-0.4, -0.2) is 41.4 Å². The highest BCUT2D eigenvalue weighted by molar-refractivity contribution is 5.70. The monoisotopic (exact) mass is 463 g/mol. The first-order valence-corrected chi connectivity index (χ1v) is 12.2. The van der Waals surface area contributed by atoms with Gasteiger partial charge in [-0.3, -0.25) is 4.90 Å². The van der Waals surface area contributed by atoms with Gasteiger partial charge in [-0.1, -0.05) is 66.7 Å². The lowest BCUT2D eigenvalue weighted by Crippen LogP contribution is -2.45. The molecule has 4 atom stereocenters. The Kier molecular flexibility index (Phi) is 7.44. The van der Waals surface area contributed by atoms with Crippen LogP contribution in [0, 0.1) is 11.8 Å². The van der Waals surface area contributed by atoms with E-state index in [2.05, 4.69) is 30.8 Å². The van der Waals surface area contributed by atoms with Crippen LogP contribution in [0.25, 0.3) is 0 Å². The molecule has 182 valence electrons. The molecule has 0 bridgehead atoms. The Balaban J connectivity index is 1.48. The average Bonchev–Trinajstić information content (AvgIpc) is 3.44. The molecule has 0 radical (unpaired) electrons. The molecule has 0 heterocycles. The normalized spacial score (nSPS) is 25.4. The van der Waals surface area contributed by atoms with Gasteiger partial charge in [-0.05, 0) is 50.7 Å². The Labute approximate surface area is 203 Å². The number of hydrogen-bond acceptors (Lipinski definition) is 4. The number of benzene rings is 2. The highest BCUT2D eigenvalue weighted by Crippen LogP contribution is 2.63. The lowest BCUT2D eigenvalue weighted by atomic mass is 10.0. The third kappa shape index (κ3) is 5.70. The van der Waals surface area contributed by atoms with Crippen LogP contribution >= 0.6 is 0 Å². The molecular weight excluding hydrogens is 426 g/mol. The minimum Gasteiger partial charge on any atom is -0.444 e. The number of carbonyl (C=O) groups is 1. The first kappa shape index (κ1) is 24.5. The zero-order valence-electron chi connectivity index (χ0n) is 20.6. The summed E-state index contributed by atoms with van der Waals surface area (Å²) < 4.78 is 18.4. The van der Waals surface area contributed by atoms with Gasteiger partial charge in [-0.15, -0.1) is 6.58 Å². The van der Waals surface area contributed by atoms with Gasteiger partial charge in [-0.2, -0.15) is 0 Å². The maximum absolute atomic E-state index is 13.1. The van der Waals surface area contributed by atoms with Crippen LogP contribution in [-0.2, 0) is 27.4 Å². The Morgan fingerprint density at radius 3 is 2.24 bits per heavy atom. The van der Waals surface area contributed by atoms with Gasteiger partial charge in [0.1, 0.15) is 5.60 Å². The van der Waals surface area contributed by atoms with Crippen LogP contribution in [0.4, 0.5) is 4.79 Å². The fraction of sp³-hybridized carbons (Fsp3) is 0.483. The van der Waals surface area contributed by atoms with Crippen LogP contribution in [0.2, 0.25) is 0 Å². The molecule has 2 aliphatic carbocycles. The Hall–Kier alpha value is -2.63. The van der Waals surface area contributed by atoms with Crippen molar-refractivity contribution < 1.29 is 19.0 Å². The molecule has 0 saturated heterocycles. The predicted octanol–water partition coefficient (Wildman–Crippen LogP) is 5.99. The van der Waals surface area contributed by atoms with Crippen LogP contribution in [0.15, 0.2) is 73.3 Å². The largest absolute Gasteiger partial charge is 0.444 e. The summed E-state index contributed by atoms with van der Waals surface area (Å²) in [5.74, 6) is 0.554. The molecule has 5 heteroatoms. The van der Waals surface area contributed by atoms with Crippen molar-refractivity contribution in [3.8, 4) is 0 Å². The summed E-state index contributed by atoms with van der Waals surface area (Å²) in [6.45, 7) is 11.8. The summed E-state index contributed by atoms with van der Waals surface area (Å²) in [5, 5.41) is 0. The number of hydrogen-bond donors (Lipinski definition) is 0. The topological polar surface area (TPSA) is 48.0 Å². The van der Waals surface area contributed by atoms with E-state index in [-0.39, 0.29) is 23.7 Å². The van der Waals surface area contributed by atoms with Gasteiger partial charge in [0.05, 0.1) is 31.5 Å². The quantitative estimate of drug-likeness (QED) is 0.406. The third-order valence-corrected chi connectivity index (χ3v) is 6.84. The molecule has 2 fully saturated rings. The maximum Gasteiger partial charge on any atom is 0.411 e. The maximum atomic E-state index is 13.1. The van der Waals surface area contributed by atoms with Gasteiger partial charge in [-0.25, -0.2) is 4.79 Å². The lowest BCUT2D eigenvalue weighted by molar-refractivity contribution is -0.0327. The standard InChI is InChI=1S/C29H37NO4/c1-5-16-30(27(31)34-28(2,3)4)29-17-25(29)24(21-32-19-22-12-8-6-9-13-22)26(18-29)33-20-23-14-10-7-11-15-23/h5-15,24-26H,1,16-21H2,2-4H3/t24-,25-,26-,29-/m0/s1. The van der Waals surface area contributed by atoms with Gasteiger partial charge in [0.15, 0.2) is 0 Å². The third-order valence-electron chi connectivity index (χ3n) is 6.84. The summed E-state index contributed by atoms with van der Waals surface area (Å²) in [4.78, 5) is 15.0. The number of amides is 1. The van der Waals surface area contributed by atoms with Gasteiger partial charge in [0.25, 0.3) is 0 Å². The van der Waals surface area contributed by atoms with E-state index in [0.29, 0.717) is 32.3 Å². The van der Waals surface area contributed by atoms with Crippen LogP contribution in [0.3, 0.4) is 0 Å². The minimum atomic E-state index is -0.544. The molecule has 34 heavy (non-hydrogen) atoms. The molecule has 0 spiro atoms. The second-order valence-electron chi connectivity index (χ2n) is 10.5. The number of fused-ring (bicyclic) bond motifs is 1.